The normalized spacial score (nSPS) is 15.4. The topological polar surface area (TPSA) is 87.2 Å². The molecule has 1 fully saturated rings. The first-order valence-corrected chi connectivity index (χ1v) is 9.87. The van der Waals surface area contributed by atoms with Crippen molar-refractivity contribution >= 4 is 16.8 Å². The molecule has 2 aromatic carbocycles. The standard InChI is InChI=1S/C22H24N4O3/c27-20(15-26-21(28)18-8-4-5-9-19(18)24-22(26)29)23-17-10-12-25(13-11-17)14-16-6-2-1-3-7-16/h1-9,17H,10-15H2,(H,23,27)(H,24,29). The van der Waals surface area contributed by atoms with Crippen LogP contribution in [0.4, 0.5) is 0 Å². The van der Waals surface area contributed by atoms with Crippen LogP contribution in [0.1, 0.15) is 18.4 Å². The van der Waals surface area contributed by atoms with Crippen LogP contribution >= 0.6 is 0 Å². The molecule has 7 nitrogen and oxygen atoms in total. The minimum atomic E-state index is -0.568. The minimum absolute atomic E-state index is 0.0600. The highest BCUT2D eigenvalue weighted by Crippen LogP contribution is 2.14. The van der Waals surface area contributed by atoms with Gasteiger partial charge in [0.05, 0.1) is 10.9 Å². The number of fused-ring (bicyclic) bond motifs is 1. The van der Waals surface area contributed by atoms with E-state index in [-0.39, 0.29) is 18.5 Å². The summed E-state index contributed by atoms with van der Waals surface area (Å²) in [7, 11) is 0. The van der Waals surface area contributed by atoms with E-state index in [1.165, 1.54) is 5.56 Å². The molecule has 0 radical (unpaired) electrons. The molecular weight excluding hydrogens is 368 g/mol. The number of aromatic amines is 1. The lowest BCUT2D eigenvalue weighted by atomic mass is 10.0. The molecule has 1 saturated heterocycles. The fourth-order valence-electron chi connectivity index (χ4n) is 3.84. The van der Waals surface area contributed by atoms with Gasteiger partial charge in [-0.05, 0) is 30.5 Å². The SMILES string of the molecule is O=C(Cn1c(=O)[nH]c2ccccc2c1=O)NC1CCN(Cc2ccccc2)CC1. The van der Waals surface area contributed by atoms with Crippen LogP contribution in [-0.4, -0.2) is 39.5 Å². The Kier molecular flexibility index (Phi) is 5.57. The third kappa shape index (κ3) is 4.46. The number of nitrogens with zero attached hydrogens (tertiary/aromatic N) is 2. The second kappa shape index (κ2) is 8.45. The van der Waals surface area contributed by atoms with Gasteiger partial charge in [0.2, 0.25) is 5.91 Å². The Hall–Kier alpha value is -3.19. The lowest BCUT2D eigenvalue weighted by Crippen LogP contribution is -2.47. The minimum Gasteiger partial charge on any atom is -0.352 e. The lowest BCUT2D eigenvalue weighted by Gasteiger charge is -2.32. The fourth-order valence-corrected chi connectivity index (χ4v) is 3.84. The van der Waals surface area contributed by atoms with Crippen LogP contribution < -0.4 is 16.6 Å². The fraction of sp³-hybridized carbons (Fsp3) is 0.318. The summed E-state index contributed by atoms with van der Waals surface area (Å²) in [5, 5.41) is 3.37. The number of para-hydroxylation sites is 1. The van der Waals surface area contributed by atoms with E-state index >= 15 is 0 Å². The molecule has 4 rings (SSSR count). The van der Waals surface area contributed by atoms with Gasteiger partial charge in [0, 0.05) is 25.7 Å². The third-order valence-electron chi connectivity index (χ3n) is 5.39. The monoisotopic (exact) mass is 392 g/mol. The molecule has 0 unspecified atom stereocenters. The van der Waals surface area contributed by atoms with Gasteiger partial charge in [0.1, 0.15) is 6.54 Å². The van der Waals surface area contributed by atoms with Crippen LogP contribution in [0.2, 0.25) is 0 Å². The first-order valence-electron chi connectivity index (χ1n) is 9.87. The van der Waals surface area contributed by atoms with Crippen molar-refractivity contribution in [3.63, 3.8) is 0 Å². The van der Waals surface area contributed by atoms with Crippen molar-refractivity contribution in [2.75, 3.05) is 13.1 Å². The highest BCUT2D eigenvalue weighted by atomic mass is 16.2. The summed E-state index contributed by atoms with van der Waals surface area (Å²) >= 11 is 0. The maximum atomic E-state index is 12.5. The third-order valence-corrected chi connectivity index (χ3v) is 5.39. The van der Waals surface area contributed by atoms with Crippen LogP contribution in [0.25, 0.3) is 10.9 Å². The summed E-state index contributed by atoms with van der Waals surface area (Å²) < 4.78 is 0.961. The smallest absolute Gasteiger partial charge is 0.329 e. The molecule has 2 heterocycles. The number of nitrogens with one attached hydrogen (secondary N) is 2. The number of carbonyl (C=O) groups excluding carboxylic acids is 1. The number of likely N-dealkylation sites (tertiary alicyclic amines) is 1. The molecule has 1 amide bonds. The van der Waals surface area contributed by atoms with E-state index in [2.05, 4.69) is 27.3 Å². The van der Waals surface area contributed by atoms with Gasteiger partial charge in [-0.3, -0.25) is 19.1 Å². The number of benzene rings is 2. The number of carbonyl (C=O) groups is 1. The molecule has 0 atom stereocenters. The van der Waals surface area contributed by atoms with E-state index in [0.717, 1.165) is 37.0 Å². The van der Waals surface area contributed by atoms with E-state index < -0.39 is 11.2 Å². The van der Waals surface area contributed by atoms with Crippen molar-refractivity contribution in [1.29, 1.82) is 0 Å². The zero-order chi connectivity index (χ0) is 20.2. The van der Waals surface area contributed by atoms with Crippen LogP contribution in [0.3, 0.4) is 0 Å². The Labute approximate surface area is 168 Å². The highest BCUT2D eigenvalue weighted by Gasteiger charge is 2.21. The van der Waals surface area contributed by atoms with Gasteiger partial charge in [-0.25, -0.2) is 4.79 Å². The molecule has 0 bridgehead atoms. The zero-order valence-electron chi connectivity index (χ0n) is 16.1. The van der Waals surface area contributed by atoms with Crippen molar-refractivity contribution in [2.45, 2.75) is 32.0 Å². The Morgan fingerprint density at radius 3 is 2.45 bits per heavy atom. The van der Waals surface area contributed by atoms with E-state index in [0.29, 0.717) is 10.9 Å². The maximum absolute atomic E-state index is 12.5. The van der Waals surface area contributed by atoms with Gasteiger partial charge in [-0.2, -0.15) is 0 Å². The average molecular weight is 392 g/mol. The van der Waals surface area contributed by atoms with Gasteiger partial charge in [-0.1, -0.05) is 42.5 Å². The molecule has 150 valence electrons. The quantitative estimate of drug-likeness (QED) is 0.688. The molecule has 0 spiro atoms. The van der Waals surface area contributed by atoms with Crippen molar-refractivity contribution in [2.24, 2.45) is 0 Å². The highest BCUT2D eigenvalue weighted by molar-refractivity contribution is 5.79. The predicted molar refractivity (Wildman–Crippen MR) is 112 cm³/mol. The summed E-state index contributed by atoms with van der Waals surface area (Å²) in [5.74, 6) is -0.311. The molecule has 3 aromatic rings. The summed E-state index contributed by atoms with van der Waals surface area (Å²) in [4.78, 5) is 42.3. The first-order chi connectivity index (χ1) is 14.1. The molecule has 0 aliphatic carbocycles. The number of piperidine rings is 1. The molecule has 1 aliphatic rings. The first kappa shape index (κ1) is 19.1. The molecule has 29 heavy (non-hydrogen) atoms. The van der Waals surface area contributed by atoms with Crippen molar-refractivity contribution in [1.82, 2.24) is 19.8 Å². The van der Waals surface area contributed by atoms with Crippen LogP contribution in [0.5, 0.6) is 0 Å². The van der Waals surface area contributed by atoms with E-state index in [4.69, 9.17) is 0 Å². The van der Waals surface area contributed by atoms with Crippen LogP contribution in [-0.2, 0) is 17.9 Å². The number of rotatable bonds is 5. The maximum Gasteiger partial charge on any atom is 0.329 e. The summed E-state index contributed by atoms with van der Waals surface area (Å²) in [6.07, 6.45) is 1.70. The van der Waals surface area contributed by atoms with Gasteiger partial charge in [-0.15, -0.1) is 0 Å². The van der Waals surface area contributed by atoms with Crippen LogP contribution in [0, 0.1) is 0 Å². The largest absolute Gasteiger partial charge is 0.352 e. The molecule has 7 heteroatoms. The van der Waals surface area contributed by atoms with E-state index in [1.807, 2.05) is 18.2 Å². The summed E-state index contributed by atoms with van der Waals surface area (Å²) in [5.41, 5.74) is 0.744. The van der Waals surface area contributed by atoms with Gasteiger partial charge >= 0.3 is 5.69 Å². The second-order valence-corrected chi connectivity index (χ2v) is 7.47. The van der Waals surface area contributed by atoms with Gasteiger partial charge < -0.3 is 10.3 Å². The van der Waals surface area contributed by atoms with Crippen LogP contribution in [0.15, 0.2) is 64.2 Å². The van der Waals surface area contributed by atoms with E-state index in [9.17, 15) is 14.4 Å². The van der Waals surface area contributed by atoms with Crippen molar-refractivity contribution in [3.05, 3.63) is 81.0 Å². The molecular formula is C22H24N4O3. The van der Waals surface area contributed by atoms with Crippen molar-refractivity contribution < 1.29 is 4.79 Å². The molecule has 1 aliphatic heterocycles. The lowest BCUT2D eigenvalue weighted by molar-refractivity contribution is -0.122. The number of aromatic nitrogens is 2. The molecule has 1 aromatic heterocycles. The number of hydrogen-bond acceptors (Lipinski definition) is 4. The van der Waals surface area contributed by atoms with E-state index in [1.54, 1.807) is 24.3 Å². The summed E-state index contributed by atoms with van der Waals surface area (Å²) in [6.45, 7) is 2.43. The Morgan fingerprint density at radius 2 is 1.69 bits per heavy atom. The zero-order valence-corrected chi connectivity index (χ0v) is 16.1. The van der Waals surface area contributed by atoms with Crippen molar-refractivity contribution in [3.8, 4) is 0 Å². The number of amides is 1. The predicted octanol–water partition coefficient (Wildman–Crippen LogP) is 1.47. The Morgan fingerprint density at radius 1 is 1.00 bits per heavy atom. The Balaban J connectivity index is 1.35. The number of H-pyrrole nitrogens is 1. The summed E-state index contributed by atoms with van der Waals surface area (Å²) in [6, 6.07) is 17.2. The molecule has 2 N–H and O–H groups in total. The average Bonchev–Trinajstić information content (AvgIpc) is 2.73. The molecule has 0 saturated carbocycles. The second-order valence-electron chi connectivity index (χ2n) is 7.47. The van der Waals surface area contributed by atoms with Gasteiger partial charge in [0.25, 0.3) is 5.56 Å². The number of hydrogen-bond donors (Lipinski definition) is 2. The van der Waals surface area contributed by atoms with Gasteiger partial charge in [0.15, 0.2) is 0 Å². The Bertz CT molecular complexity index is 1110.